The Bertz CT molecular complexity index is 951. The molecule has 5 rings (SSSR count). The molecule has 0 spiro atoms. The molecule has 1 aromatic carbocycles. The van der Waals surface area contributed by atoms with Crippen LogP contribution in [0.2, 0.25) is 0 Å². The quantitative estimate of drug-likeness (QED) is 0.606. The van der Waals surface area contributed by atoms with Crippen LogP contribution in [-0.2, 0) is 6.54 Å². The third kappa shape index (κ3) is 3.42. The molecule has 6 heteroatoms. The topological polar surface area (TPSA) is 47.7 Å². The van der Waals surface area contributed by atoms with Gasteiger partial charge in [0.1, 0.15) is 5.76 Å². The van der Waals surface area contributed by atoms with Gasteiger partial charge in [0, 0.05) is 19.0 Å². The van der Waals surface area contributed by atoms with E-state index in [4.69, 9.17) is 18.9 Å². The number of benzene rings is 1. The molecule has 0 bridgehead atoms. The van der Waals surface area contributed by atoms with E-state index in [0.29, 0.717) is 12.6 Å². The smallest absolute Gasteiger partial charge is 0.236 e. The maximum absolute atomic E-state index is 5.93. The molecule has 2 aromatic heterocycles. The second-order valence-corrected chi connectivity index (χ2v) is 8.33. The van der Waals surface area contributed by atoms with Gasteiger partial charge in [-0.25, -0.2) is 4.98 Å². The van der Waals surface area contributed by atoms with Gasteiger partial charge < -0.3 is 13.9 Å². The summed E-state index contributed by atoms with van der Waals surface area (Å²) in [4.78, 5) is 8.37. The van der Waals surface area contributed by atoms with E-state index in [1.807, 2.05) is 13.0 Å². The van der Waals surface area contributed by atoms with Crippen LogP contribution in [0.1, 0.15) is 42.3 Å². The van der Waals surface area contributed by atoms with Crippen LogP contribution in [0.25, 0.3) is 10.8 Å². The van der Waals surface area contributed by atoms with Gasteiger partial charge in [0.15, 0.2) is 11.5 Å². The lowest BCUT2D eigenvalue weighted by molar-refractivity contribution is 0.243. The molecule has 146 valence electrons. The lowest BCUT2D eigenvalue weighted by Gasteiger charge is -2.24. The predicted octanol–water partition coefficient (Wildman–Crippen LogP) is 5.21. The molecule has 2 aliphatic rings. The first-order valence-electron chi connectivity index (χ1n) is 9.92. The Morgan fingerprint density at radius 1 is 1.14 bits per heavy atom. The zero-order chi connectivity index (χ0) is 18.9. The van der Waals surface area contributed by atoms with Crippen LogP contribution in [0.4, 0.5) is 0 Å². The molecule has 1 fully saturated rings. The molecule has 0 N–H and O–H groups in total. The van der Waals surface area contributed by atoms with Gasteiger partial charge in [0.25, 0.3) is 0 Å². The first-order chi connectivity index (χ1) is 13.8. The van der Waals surface area contributed by atoms with Gasteiger partial charge >= 0.3 is 0 Å². The summed E-state index contributed by atoms with van der Waals surface area (Å²) in [5.74, 6) is 3.37. The minimum Gasteiger partial charge on any atom is -0.490 e. The molecule has 5 nitrogen and oxygen atoms in total. The lowest BCUT2D eigenvalue weighted by atomic mass is 10.0. The molecule has 0 saturated carbocycles. The number of oxazole rings is 1. The van der Waals surface area contributed by atoms with Crippen LogP contribution >= 0.6 is 11.3 Å². The van der Waals surface area contributed by atoms with Gasteiger partial charge in [-0.15, -0.1) is 11.3 Å². The second-order valence-electron chi connectivity index (χ2n) is 7.38. The molecule has 1 atom stereocenters. The van der Waals surface area contributed by atoms with Gasteiger partial charge in [-0.05, 0) is 55.5 Å². The van der Waals surface area contributed by atoms with E-state index in [9.17, 15) is 0 Å². The fourth-order valence-corrected chi connectivity index (χ4v) is 4.70. The van der Waals surface area contributed by atoms with Gasteiger partial charge in [0.2, 0.25) is 5.89 Å². The van der Waals surface area contributed by atoms with E-state index in [-0.39, 0.29) is 0 Å². The van der Waals surface area contributed by atoms with Crippen molar-refractivity contribution >= 4 is 11.3 Å². The highest BCUT2D eigenvalue weighted by Gasteiger charge is 2.28. The lowest BCUT2D eigenvalue weighted by Crippen LogP contribution is -2.23. The highest BCUT2D eigenvalue weighted by molar-refractivity contribution is 7.13. The predicted molar refractivity (Wildman–Crippen MR) is 109 cm³/mol. The van der Waals surface area contributed by atoms with Crippen LogP contribution in [0, 0.1) is 6.92 Å². The molecule has 0 aliphatic carbocycles. The number of nitrogens with zero attached hydrogens (tertiary/aromatic N) is 2. The second kappa shape index (κ2) is 7.60. The summed E-state index contributed by atoms with van der Waals surface area (Å²) in [5.41, 5.74) is 2.33. The van der Waals surface area contributed by atoms with Crippen LogP contribution in [0.5, 0.6) is 11.5 Å². The third-order valence-corrected chi connectivity index (χ3v) is 6.36. The number of likely N-dealkylation sites (tertiary alicyclic amines) is 1. The van der Waals surface area contributed by atoms with Crippen molar-refractivity contribution in [3.63, 3.8) is 0 Å². The zero-order valence-electron chi connectivity index (χ0n) is 16.0. The van der Waals surface area contributed by atoms with Crippen LogP contribution in [0.15, 0.2) is 40.1 Å². The van der Waals surface area contributed by atoms with Gasteiger partial charge in [-0.1, -0.05) is 12.1 Å². The molecule has 1 saturated heterocycles. The van der Waals surface area contributed by atoms with E-state index in [1.54, 1.807) is 11.3 Å². The average Bonchev–Trinajstić information content (AvgIpc) is 3.42. The Morgan fingerprint density at radius 2 is 2.04 bits per heavy atom. The van der Waals surface area contributed by atoms with Crippen LogP contribution in [-0.4, -0.2) is 29.6 Å². The number of rotatable bonds is 4. The van der Waals surface area contributed by atoms with E-state index in [0.717, 1.165) is 66.3 Å². The maximum atomic E-state index is 5.93. The number of fused-ring (bicyclic) bond motifs is 1. The Kier molecular flexibility index (Phi) is 4.82. The van der Waals surface area contributed by atoms with Crippen molar-refractivity contribution in [3.05, 3.63) is 52.7 Å². The largest absolute Gasteiger partial charge is 0.490 e. The average molecular weight is 397 g/mol. The third-order valence-electron chi connectivity index (χ3n) is 5.50. The molecule has 1 unspecified atom stereocenters. The molecular weight excluding hydrogens is 372 g/mol. The summed E-state index contributed by atoms with van der Waals surface area (Å²) in [6.07, 6.45) is 3.26. The van der Waals surface area contributed by atoms with E-state index < -0.39 is 0 Å². The van der Waals surface area contributed by atoms with Crippen molar-refractivity contribution in [2.75, 3.05) is 19.8 Å². The number of hydrogen-bond donors (Lipinski definition) is 0. The summed E-state index contributed by atoms with van der Waals surface area (Å²) in [7, 11) is 0. The van der Waals surface area contributed by atoms with Crippen molar-refractivity contribution in [1.29, 1.82) is 0 Å². The Labute approximate surface area is 168 Å². The Morgan fingerprint density at radius 3 is 2.89 bits per heavy atom. The molecule has 4 heterocycles. The first kappa shape index (κ1) is 17.8. The SMILES string of the molecule is Cc1oc(-c2cccs2)nc1CN1CCCC1c1ccc2c(c1)OCCCO2. The Balaban J connectivity index is 1.37. The number of aromatic nitrogens is 1. The fourth-order valence-electron chi connectivity index (χ4n) is 4.05. The first-order valence-corrected chi connectivity index (χ1v) is 10.8. The Hall–Kier alpha value is -2.31. The minimum atomic E-state index is 0.374. The summed E-state index contributed by atoms with van der Waals surface area (Å²) in [6.45, 7) is 5.33. The molecule has 3 aromatic rings. The normalized spacial score (nSPS) is 19.7. The maximum Gasteiger partial charge on any atom is 0.236 e. The molecule has 0 amide bonds. The van der Waals surface area contributed by atoms with Crippen molar-refractivity contribution < 1.29 is 13.9 Å². The van der Waals surface area contributed by atoms with Gasteiger partial charge in [-0.2, -0.15) is 0 Å². The molecule has 0 radical (unpaired) electrons. The molecule has 28 heavy (non-hydrogen) atoms. The summed E-state index contributed by atoms with van der Waals surface area (Å²) in [6, 6.07) is 10.9. The monoisotopic (exact) mass is 396 g/mol. The zero-order valence-corrected chi connectivity index (χ0v) is 16.8. The molecule has 2 aliphatic heterocycles. The van der Waals surface area contributed by atoms with Crippen molar-refractivity contribution in [2.24, 2.45) is 0 Å². The van der Waals surface area contributed by atoms with Gasteiger partial charge in [-0.3, -0.25) is 4.90 Å². The summed E-state index contributed by atoms with van der Waals surface area (Å²) < 4.78 is 17.6. The number of aryl methyl sites for hydroxylation is 1. The highest BCUT2D eigenvalue weighted by Crippen LogP contribution is 2.39. The molecular formula is C22H24N2O3S. The van der Waals surface area contributed by atoms with E-state index >= 15 is 0 Å². The number of thiophene rings is 1. The van der Waals surface area contributed by atoms with Gasteiger partial charge in [0.05, 0.1) is 23.8 Å². The van der Waals surface area contributed by atoms with Crippen LogP contribution < -0.4 is 9.47 Å². The van der Waals surface area contributed by atoms with Crippen molar-refractivity contribution in [3.8, 4) is 22.3 Å². The highest BCUT2D eigenvalue weighted by atomic mass is 32.1. The fraction of sp³-hybridized carbons (Fsp3) is 0.409. The summed E-state index contributed by atoms with van der Waals surface area (Å²) in [5, 5.41) is 2.05. The van der Waals surface area contributed by atoms with Crippen molar-refractivity contribution in [2.45, 2.75) is 38.8 Å². The van der Waals surface area contributed by atoms with E-state index in [1.165, 1.54) is 12.0 Å². The van der Waals surface area contributed by atoms with Crippen molar-refractivity contribution in [1.82, 2.24) is 9.88 Å². The van der Waals surface area contributed by atoms with Crippen LogP contribution in [0.3, 0.4) is 0 Å². The standard InChI is InChI=1S/C22H24N2O3S/c1-15-17(23-22(27-15)21-6-3-12-28-21)14-24-9-2-5-18(24)16-7-8-19-20(13-16)26-11-4-10-25-19/h3,6-8,12-13,18H,2,4-5,9-11,14H2,1H3. The number of ether oxygens (including phenoxy) is 2. The van der Waals surface area contributed by atoms with E-state index in [2.05, 4.69) is 34.5 Å². The minimum absolute atomic E-state index is 0.374. The summed E-state index contributed by atoms with van der Waals surface area (Å²) >= 11 is 1.66. The number of hydrogen-bond acceptors (Lipinski definition) is 6.